The lowest BCUT2D eigenvalue weighted by Crippen LogP contribution is -2.30. The van der Waals surface area contributed by atoms with Crippen molar-refractivity contribution in [2.75, 3.05) is 13.2 Å². The molecule has 0 radical (unpaired) electrons. The van der Waals surface area contributed by atoms with Gasteiger partial charge in [-0.15, -0.1) is 0 Å². The van der Waals surface area contributed by atoms with Crippen LogP contribution in [0, 0.1) is 0 Å². The Kier molecular flexibility index (Phi) is 40.8. The molecule has 0 aromatic heterocycles. The number of hydrogen-bond acceptors (Lipinski definition) is 6. The number of ether oxygens (including phenoxy) is 3. The van der Waals surface area contributed by atoms with Crippen LogP contribution in [0.5, 0.6) is 0 Å². The zero-order chi connectivity index (χ0) is 41.5. The van der Waals surface area contributed by atoms with E-state index >= 15 is 0 Å². The van der Waals surface area contributed by atoms with Crippen molar-refractivity contribution in [2.24, 2.45) is 0 Å². The molecule has 0 aliphatic heterocycles. The van der Waals surface area contributed by atoms with Crippen LogP contribution in [0.1, 0.15) is 149 Å². The van der Waals surface area contributed by atoms with Crippen LogP contribution in [0.2, 0.25) is 0 Å². The number of carbonyl (C=O) groups is 3. The minimum absolute atomic E-state index is 0.110. The van der Waals surface area contributed by atoms with Crippen molar-refractivity contribution in [3.8, 4) is 0 Å². The molecule has 57 heavy (non-hydrogen) atoms. The molecule has 0 heterocycles. The molecular formula is C51H76O6. The Balaban J connectivity index is 4.59. The first-order chi connectivity index (χ1) is 28.0. The molecule has 0 bridgehead atoms. The number of carbonyl (C=O) groups excluding carboxylic acids is 3. The second kappa shape index (κ2) is 44.3. The normalized spacial score (nSPS) is 13.4. The minimum Gasteiger partial charge on any atom is -0.462 e. The van der Waals surface area contributed by atoms with Gasteiger partial charge in [-0.05, 0) is 89.9 Å². The third kappa shape index (κ3) is 42.5. The Morgan fingerprint density at radius 1 is 0.404 bits per heavy atom. The molecule has 0 saturated heterocycles. The summed E-state index contributed by atoms with van der Waals surface area (Å²) in [6.45, 7) is 6.11. The summed E-state index contributed by atoms with van der Waals surface area (Å²) < 4.78 is 16.4. The Morgan fingerprint density at radius 2 is 0.842 bits per heavy atom. The number of unbranched alkanes of at least 4 members (excludes halogenated alkanes) is 5. The van der Waals surface area contributed by atoms with Crippen molar-refractivity contribution < 1.29 is 28.6 Å². The molecule has 0 amide bonds. The minimum atomic E-state index is -0.859. The standard InChI is InChI=1S/C51H76O6/c1-4-7-10-13-16-19-21-22-23-24-25-26-27-28-30-32-35-38-41-44-50(53)56-47-48(46-55-49(52)43-40-37-34-31-18-15-12-9-6-3)57-51(54)45-42-39-36-33-29-20-17-14-11-8-5-2/h7,9-10,12,14,16-20,22-23,25-26,28-31,35,37-38,40,48H,4-6,8,11,13,15,21,24,27,32-34,36,39,41-47H2,1-3H3/b10-7-,12-9-,17-14-,19-16-,23-22-,26-25-,29-20-,30-28-,31-18-,38-35-,40-37-. The number of allylic oxidation sites excluding steroid dienone is 21. The van der Waals surface area contributed by atoms with Crippen molar-refractivity contribution >= 4 is 17.9 Å². The third-order valence-electron chi connectivity index (χ3n) is 8.19. The van der Waals surface area contributed by atoms with E-state index in [1.165, 1.54) is 12.8 Å². The fraction of sp³-hybridized carbons (Fsp3) is 0.510. The summed E-state index contributed by atoms with van der Waals surface area (Å²) >= 11 is 0. The molecule has 0 saturated carbocycles. The SMILES string of the molecule is CC/C=C\C/C=C\C/C=C\C/C=C\C/C=C\C/C=C\CCC(=O)OCC(COC(=O)C/C=C\C/C=C\C/C=C\CC)OC(=O)CCCCC/C=C\C=C/CCCC. The Labute approximate surface area is 347 Å². The summed E-state index contributed by atoms with van der Waals surface area (Å²) in [5.41, 5.74) is 0. The first kappa shape index (κ1) is 52.6. The van der Waals surface area contributed by atoms with E-state index < -0.39 is 18.0 Å². The van der Waals surface area contributed by atoms with Gasteiger partial charge in [0.05, 0.1) is 6.42 Å². The smallest absolute Gasteiger partial charge is 0.309 e. The van der Waals surface area contributed by atoms with Crippen LogP contribution >= 0.6 is 0 Å². The van der Waals surface area contributed by atoms with E-state index in [2.05, 4.69) is 130 Å². The molecule has 6 nitrogen and oxygen atoms in total. The lowest BCUT2D eigenvalue weighted by molar-refractivity contribution is -0.166. The van der Waals surface area contributed by atoms with Gasteiger partial charge in [-0.2, -0.15) is 0 Å². The maximum absolute atomic E-state index is 12.6. The van der Waals surface area contributed by atoms with Gasteiger partial charge in [-0.3, -0.25) is 14.4 Å². The van der Waals surface area contributed by atoms with Gasteiger partial charge < -0.3 is 14.2 Å². The summed E-state index contributed by atoms with van der Waals surface area (Å²) in [7, 11) is 0. The molecule has 0 fully saturated rings. The van der Waals surface area contributed by atoms with Gasteiger partial charge >= 0.3 is 17.9 Å². The van der Waals surface area contributed by atoms with Crippen molar-refractivity contribution in [1.82, 2.24) is 0 Å². The lowest BCUT2D eigenvalue weighted by atomic mass is 10.1. The van der Waals surface area contributed by atoms with E-state index in [1.54, 1.807) is 6.08 Å². The summed E-state index contributed by atoms with van der Waals surface area (Å²) in [5, 5.41) is 0. The Hall–Kier alpha value is -4.45. The quantitative estimate of drug-likeness (QED) is 0.0207. The summed E-state index contributed by atoms with van der Waals surface area (Å²) in [6, 6.07) is 0. The average molecular weight is 785 g/mol. The predicted octanol–water partition coefficient (Wildman–Crippen LogP) is 14.0. The predicted molar refractivity (Wildman–Crippen MR) is 242 cm³/mol. The van der Waals surface area contributed by atoms with Crippen molar-refractivity contribution in [3.63, 3.8) is 0 Å². The van der Waals surface area contributed by atoms with Crippen molar-refractivity contribution in [2.45, 2.75) is 155 Å². The largest absolute Gasteiger partial charge is 0.462 e. The first-order valence-corrected chi connectivity index (χ1v) is 21.7. The van der Waals surface area contributed by atoms with Crippen LogP contribution in [0.4, 0.5) is 0 Å². The third-order valence-corrected chi connectivity index (χ3v) is 8.19. The Morgan fingerprint density at radius 3 is 1.33 bits per heavy atom. The summed E-state index contributed by atoms with van der Waals surface area (Å²) in [4.78, 5) is 37.5. The second-order valence-corrected chi connectivity index (χ2v) is 13.5. The Bertz CT molecular complexity index is 1320. The molecular weight excluding hydrogens is 709 g/mol. The first-order valence-electron chi connectivity index (χ1n) is 21.7. The monoisotopic (exact) mass is 785 g/mol. The molecule has 0 aliphatic carbocycles. The van der Waals surface area contributed by atoms with Crippen LogP contribution in [0.3, 0.4) is 0 Å². The van der Waals surface area contributed by atoms with Crippen LogP contribution in [-0.2, 0) is 28.6 Å². The molecule has 6 heteroatoms. The van der Waals surface area contributed by atoms with Gasteiger partial charge in [0.1, 0.15) is 13.2 Å². The second-order valence-electron chi connectivity index (χ2n) is 13.5. The highest BCUT2D eigenvalue weighted by molar-refractivity contribution is 5.72. The van der Waals surface area contributed by atoms with Gasteiger partial charge in [0.25, 0.3) is 0 Å². The highest BCUT2D eigenvalue weighted by Crippen LogP contribution is 2.09. The van der Waals surface area contributed by atoms with E-state index in [9.17, 15) is 14.4 Å². The molecule has 1 unspecified atom stereocenters. The number of esters is 3. The average Bonchev–Trinajstić information content (AvgIpc) is 3.21. The van der Waals surface area contributed by atoms with Gasteiger partial charge in [0.15, 0.2) is 6.10 Å². The molecule has 0 aromatic carbocycles. The molecule has 0 rings (SSSR count). The van der Waals surface area contributed by atoms with Gasteiger partial charge in [-0.1, -0.05) is 174 Å². The van der Waals surface area contributed by atoms with Crippen LogP contribution in [0.15, 0.2) is 134 Å². The highest BCUT2D eigenvalue weighted by atomic mass is 16.6. The zero-order valence-electron chi connectivity index (χ0n) is 35.8. The van der Waals surface area contributed by atoms with Gasteiger partial charge in [0, 0.05) is 12.8 Å². The molecule has 0 aromatic rings. The summed E-state index contributed by atoms with van der Waals surface area (Å²) in [5.74, 6) is -1.21. The lowest BCUT2D eigenvalue weighted by Gasteiger charge is -2.18. The van der Waals surface area contributed by atoms with Crippen LogP contribution in [0.25, 0.3) is 0 Å². The van der Waals surface area contributed by atoms with E-state index in [4.69, 9.17) is 14.2 Å². The van der Waals surface area contributed by atoms with Gasteiger partial charge in [0.2, 0.25) is 0 Å². The topological polar surface area (TPSA) is 78.9 Å². The molecule has 1 atom stereocenters. The zero-order valence-corrected chi connectivity index (χ0v) is 35.8. The van der Waals surface area contributed by atoms with E-state index in [-0.39, 0.29) is 38.4 Å². The molecule has 0 spiro atoms. The van der Waals surface area contributed by atoms with Crippen molar-refractivity contribution in [1.29, 1.82) is 0 Å². The van der Waals surface area contributed by atoms with E-state index in [0.29, 0.717) is 12.8 Å². The summed E-state index contributed by atoms with van der Waals surface area (Å²) in [6.07, 6.45) is 62.0. The molecule has 0 aliphatic rings. The molecule has 0 N–H and O–H groups in total. The van der Waals surface area contributed by atoms with E-state index in [1.807, 2.05) is 18.2 Å². The van der Waals surface area contributed by atoms with Gasteiger partial charge in [-0.25, -0.2) is 0 Å². The maximum atomic E-state index is 12.6. The fourth-order valence-electron chi connectivity index (χ4n) is 4.97. The fourth-order valence-corrected chi connectivity index (χ4v) is 4.97. The number of rotatable bonds is 36. The van der Waals surface area contributed by atoms with Crippen molar-refractivity contribution in [3.05, 3.63) is 134 Å². The molecule has 316 valence electrons. The highest BCUT2D eigenvalue weighted by Gasteiger charge is 2.19. The van der Waals surface area contributed by atoms with Crippen LogP contribution in [-0.4, -0.2) is 37.2 Å². The maximum Gasteiger partial charge on any atom is 0.309 e. The van der Waals surface area contributed by atoms with E-state index in [0.717, 1.165) is 83.5 Å². The number of hydrogen-bond donors (Lipinski definition) is 0. The van der Waals surface area contributed by atoms with Crippen LogP contribution < -0.4 is 0 Å².